The lowest BCUT2D eigenvalue weighted by Gasteiger charge is -2.39. The molecule has 0 saturated carbocycles. The van der Waals surface area contributed by atoms with Crippen LogP contribution in [-0.4, -0.2) is 47.8 Å². The Kier molecular flexibility index (Phi) is 2.67. The van der Waals surface area contributed by atoms with Crippen molar-refractivity contribution in [3.05, 3.63) is 0 Å². The summed E-state index contributed by atoms with van der Waals surface area (Å²) in [6, 6.07) is 0. The molecule has 1 atom stereocenters. The van der Waals surface area contributed by atoms with E-state index in [1.807, 2.05) is 4.90 Å². The van der Waals surface area contributed by atoms with Crippen molar-refractivity contribution >= 4 is 11.8 Å². The largest absolute Gasteiger partial charge is 0.342 e. The molecule has 0 spiro atoms. The van der Waals surface area contributed by atoms with Gasteiger partial charge in [0.25, 0.3) is 0 Å². The highest BCUT2D eigenvalue weighted by Gasteiger charge is 2.37. The average molecular weight is 210 g/mol. The quantitative estimate of drug-likeness (QED) is 0.626. The fourth-order valence-electron chi connectivity index (χ4n) is 2.29. The van der Waals surface area contributed by atoms with Gasteiger partial charge in [-0.05, 0) is 12.3 Å². The monoisotopic (exact) mass is 210 g/mol. The number of carbonyl (C=O) groups excluding carboxylic acids is 2. The molecule has 2 aliphatic heterocycles. The molecule has 15 heavy (non-hydrogen) atoms. The van der Waals surface area contributed by atoms with Gasteiger partial charge in [-0.25, -0.2) is 0 Å². The Morgan fingerprint density at radius 2 is 1.80 bits per heavy atom. The second-order valence-electron chi connectivity index (χ2n) is 4.80. The summed E-state index contributed by atoms with van der Waals surface area (Å²) in [5.41, 5.74) is 0. The first-order valence-corrected chi connectivity index (χ1v) is 5.62. The van der Waals surface area contributed by atoms with Crippen LogP contribution in [0.5, 0.6) is 0 Å². The Labute approximate surface area is 90.2 Å². The van der Waals surface area contributed by atoms with Crippen LogP contribution in [0.2, 0.25) is 0 Å². The fraction of sp³-hybridized carbons (Fsp3) is 0.818. The average Bonchev–Trinajstić information content (AvgIpc) is 2.48. The van der Waals surface area contributed by atoms with Crippen LogP contribution in [0.25, 0.3) is 0 Å². The predicted octanol–water partition coefficient (Wildman–Crippen LogP) is 0.333. The normalized spacial score (nSPS) is 26.7. The zero-order chi connectivity index (χ0) is 11.0. The second-order valence-corrected chi connectivity index (χ2v) is 4.80. The van der Waals surface area contributed by atoms with Crippen molar-refractivity contribution in [2.24, 2.45) is 11.8 Å². The van der Waals surface area contributed by atoms with E-state index in [2.05, 4.69) is 6.92 Å². The molecule has 4 heteroatoms. The van der Waals surface area contributed by atoms with Crippen LogP contribution in [0, 0.1) is 11.8 Å². The predicted molar refractivity (Wildman–Crippen MR) is 56.1 cm³/mol. The van der Waals surface area contributed by atoms with E-state index in [1.165, 1.54) is 0 Å². The van der Waals surface area contributed by atoms with Crippen LogP contribution in [0.4, 0.5) is 0 Å². The van der Waals surface area contributed by atoms with E-state index in [4.69, 9.17) is 0 Å². The van der Waals surface area contributed by atoms with E-state index in [0.29, 0.717) is 19.0 Å². The Hall–Kier alpha value is -1.06. The van der Waals surface area contributed by atoms with E-state index < -0.39 is 0 Å². The fourth-order valence-corrected chi connectivity index (χ4v) is 2.29. The number of likely N-dealkylation sites (tertiary alicyclic amines) is 2. The van der Waals surface area contributed by atoms with Gasteiger partial charge in [0.05, 0.1) is 5.92 Å². The third-order valence-electron chi connectivity index (χ3n) is 3.41. The summed E-state index contributed by atoms with van der Waals surface area (Å²) in [4.78, 5) is 26.6. The van der Waals surface area contributed by atoms with E-state index >= 15 is 0 Å². The van der Waals surface area contributed by atoms with Crippen molar-refractivity contribution < 1.29 is 9.59 Å². The molecule has 2 aliphatic rings. The molecular weight excluding hydrogens is 192 g/mol. The van der Waals surface area contributed by atoms with Crippen molar-refractivity contribution in [1.29, 1.82) is 0 Å². The van der Waals surface area contributed by atoms with Crippen molar-refractivity contribution in [1.82, 2.24) is 9.80 Å². The van der Waals surface area contributed by atoms with Crippen LogP contribution < -0.4 is 0 Å². The zero-order valence-corrected chi connectivity index (χ0v) is 9.40. The number of carbonyl (C=O) groups is 2. The molecule has 2 amide bonds. The minimum absolute atomic E-state index is 0.0687. The number of amides is 2. The summed E-state index contributed by atoms with van der Waals surface area (Å²) < 4.78 is 0. The van der Waals surface area contributed by atoms with Crippen LogP contribution in [0.15, 0.2) is 0 Å². The maximum Gasteiger partial charge on any atom is 0.229 e. The molecule has 0 aliphatic carbocycles. The van der Waals surface area contributed by atoms with Gasteiger partial charge in [0.1, 0.15) is 0 Å². The van der Waals surface area contributed by atoms with Gasteiger partial charge in [-0.3, -0.25) is 9.59 Å². The molecule has 0 bridgehead atoms. The summed E-state index contributed by atoms with van der Waals surface area (Å²) in [7, 11) is 0. The minimum Gasteiger partial charge on any atom is -0.342 e. The van der Waals surface area contributed by atoms with Crippen LogP contribution in [-0.2, 0) is 9.59 Å². The lowest BCUT2D eigenvalue weighted by atomic mass is 9.98. The third-order valence-corrected chi connectivity index (χ3v) is 3.41. The zero-order valence-electron chi connectivity index (χ0n) is 9.40. The SMILES string of the molecule is CC(=O)N1CC(C(=O)N2CCC(C)C2)C1. The third kappa shape index (κ3) is 1.98. The smallest absolute Gasteiger partial charge is 0.229 e. The molecule has 2 heterocycles. The molecule has 0 N–H and O–H groups in total. The summed E-state index contributed by atoms with van der Waals surface area (Å²) in [6.07, 6.45) is 1.12. The van der Waals surface area contributed by atoms with Crippen molar-refractivity contribution in [3.8, 4) is 0 Å². The summed E-state index contributed by atoms with van der Waals surface area (Å²) >= 11 is 0. The van der Waals surface area contributed by atoms with Crippen molar-refractivity contribution in [2.75, 3.05) is 26.2 Å². The standard InChI is InChI=1S/C11H18N2O2/c1-8-3-4-12(5-8)11(15)10-6-13(7-10)9(2)14/h8,10H,3-7H2,1-2H3. The van der Waals surface area contributed by atoms with E-state index in [9.17, 15) is 9.59 Å². The van der Waals surface area contributed by atoms with E-state index in [1.54, 1.807) is 11.8 Å². The highest BCUT2D eigenvalue weighted by atomic mass is 16.2. The molecular formula is C11H18N2O2. The summed E-state index contributed by atoms with van der Waals surface area (Å²) in [5, 5.41) is 0. The molecule has 2 fully saturated rings. The Morgan fingerprint density at radius 1 is 1.13 bits per heavy atom. The maximum atomic E-state index is 11.9. The molecule has 84 valence electrons. The van der Waals surface area contributed by atoms with Gasteiger partial charge in [-0.15, -0.1) is 0 Å². The van der Waals surface area contributed by atoms with Crippen LogP contribution in [0.1, 0.15) is 20.3 Å². The van der Waals surface area contributed by atoms with Gasteiger partial charge in [0, 0.05) is 33.1 Å². The number of hydrogen-bond acceptors (Lipinski definition) is 2. The highest BCUT2D eigenvalue weighted by molar-refractivity contribution is 5.83. The summed E-state index contributed by atoms with van der Waals surface area (Å²) in [6.45, 7) is 6.78. The highest BCUT2D eigenvalue weighted by Crippen LogP contribution is 2.22. The van der Waals surface area contributed by atoms with Gasteiger partial charge in [-0.2, -0.15) is 0 Å². The molecule has 0 aromatic heterocycles. The van der Waals surface area contributed by atoms with Gasteiger partial charge in [0.2, 0.25) is 11.8 Å². The second kappa shape index (κ2) is 3.83. The van der Waals surface area contributed by atoms with Gasteiger partial charge < -0.3 is 9.80 Å². The lowest BCUT2D eigenvalue weighted by Crippen LogP contribution is -2.55. The van der Waals surface area contributed by atoms with Gasteiger partial charge in [0.15, 0.2) is 0 Å². The van der Waals surface area contributed by atoms with Gasteiger partial charge in [-0.1, -0.05) is 6.92 Å². The van der Waals surface area contributed by atoms with Crippen LogP contribution in [0.3, 0.4) is 0 Å². The number of hydrogen-bond donors (Lipinski definition) is 0. The molecule has 0 radical (unpaired) electrons. The molecule has 2 saturated heterocycles. The van der Waals surface area contributed by atoms with Crippen molar-refractivity contribution in [3.63, 3.8) is 0 Å². The number of nitrogens with zero attached hydrogens (tertiary/aromatic N) is 2. The Morgan fingerprint density at radius 3 is 2.27 bits per heavy atom. The molecule has 4 nitrogen and oxygen atoms in total. The topological polar surface area (TPSA) is 40.6 Å². The van der Waals surface area contributed by atoms with E-state index in [0.717, 1.165) is 19.5 Å². The maximum absolute atomic E-state index is 11.9. The summed E-state index contributed by atoms with van der Waals surface area (Å²) in [5.74, 6) is 1.03. The minimum atomic E-state index is 0.0687. The molecule has 0 aromatic carbocycles. The van der Waals surface area contributed by atoms with Crippen LogP contribution >= 0.6 is 0 Å². The Balaban J connectivity index is 1.81. The molecule has 1 unspecified atom stereocenters. The molecule has 0 aromatic rings. The van der Waals surface area contributed by atoms with Crippen molar-refractivity contribution in [2.45, 2.75) is 20.3 Å². The van der Waals surface area contributed by atoms with E-state index in [-0.39, 0.29) is 17.7 Å². The number of rotatable bonds is 1. The first-order valence-electron chi connectivity index (χ1n) is 5.62. The Bertz CT molecular complexity index is 284. The first kappa shape index (κ1) is 10.5. The first-order chi connectivity index (χ1) is 7.08. The van der Waals surface area contributed by atoms with Gasteiger partial charge >= 0.3 is 0 Å². The lowest BCUT2D eigenvalue weighted by molar-refractivity contribution is -0.146. The molecule has 2 rings (SSSR count).